The number of nitrogens with two attached hydrogens (primary N) is 1. The number of nitrogens with zero attached hydrogens (tertiary/aromatic N) is 6. The molecule has 2 aromatic rings. The number of hydrogen-bond donors (Lipinski definition) is 4. The summed E-state index contributed by atoms with van der Waals surface area (Å²) in [6.45, 7) is 0. The highest BCUT2D eigenvalue weighted by Crippen LogP contribution is 2.41. The molecule has 0 radical (unpaired) electrons. The van der Waals surface area contributed by atoms with E-state index < -0.39 is 34.9 Å². The number of hydrogen-bond acceptors (Lipinski definition) is 14. The summed E-state index contributed by atoms with van der Waals surface area (Å²) in [6, 6.07) is -0.989. The van der Waals surface area contributed by atoms with Crippen molar-refractivity contribution in [3.63, 3.8) is 0 Å². The number of aromatic nitrogens is 4. The van der Waals surface area contributed by atoms with Crippen molar-refractivity contribution in [2.24, 2.45) is 5.16 Å². The first-order valence-electron chi connectivity index (χ1n) is 8.32. The second-order valence-corrected chi connectivity index (χ2v) is 9.96. The number of aliphatic carboxylic acids is 1. The molecule has 4 heterocycles. The summed E-state index contributed by atoms with van der Waals surface area (Å²) in [4.78, 5) is 42.0. The largest absolute Gasteiger partial charge is 0.477 e. The van der Waals surface area contributed by atoms with Crippen LogP contribution in [0.1, 0.15) is 5.82 Å². The summed E-state index contributed by atoms with van der Waals surface area (Å²) >= 11 is 4.81. The van der Waals surface area contributed by atoms with Gasteiger partial charge in [-0.2, -0.15) is 9.36 Å². The molecule has 2 aliphatic rings. The highest BCUT2D eigenvalue weighted by Gasteiger charge is 2.54. The fourth-order valence-corrected chi connectivity index (χ4v) is 6.31. The van der Waals surface area contributed by atoms with Crippen LogP contribution in [0.3, 0.4) is 0 Å². The average Bonchev–Trinajstić information content (AvgIpc) is 3.42. The molecule has 31 heavy (non-hydrogen) atoms. The highest BCUT2D eigenvalue weighted by atomic mass is 32.2. The second-order valence-electron chi connectivity index (χ2n) is 6.02. The first-order valence-corrected chi connectivity index (χ1v) is 12.0. The fourth-order valence-electron chi connectivity index (χ4n) is 2.90. The van der Waals surface area contributed by atoms with Crippen LogP contribution >= 0.6 is 46.4 Å². The molecule has 0 aromatic carbocycles. The molecule has 17 heteroatoms. The predicted molar refractivity (Wildman–Crippen MR) is 113 cm³/mol. The minimum atomic E-state index is -1.23. The van der Waals surface area contributed by atoms with Crippen LogP contribution in [-0.2, 0) is 14.4 Å². The van der Waals surface area contributed by atoms with Gasteiger partial charge in [-0.05, 0) is 5.57 Å². The summed E-state index contributed by atoms with van der Waals surface area (Å²) in [5.41, 5.74) is 7.03. The topological polar surface area (TPSA) is 197 Å². The molecule has 0 spiro atoms. The number of carbonyl (C=O) groups is 3. The van der Waals surface area contributed by atoms with Crippen LogP contribution in [0, 0.1) is 0 Å². The maximum absolute atomic E-state index is 12.7. The lowest BCUT2D eigenvalue weighted by Crippen LogP contribution is -2.71. The van der Waals surface area contributed by atoms with Crippen molar-refractivity contribution in [2.45, 2.75) is 15.8 Å². The lowest BCUT2D eigenvalue weighted by atomic mass is 10.0. The fraction of sp³-hybridized carbons (Fsp3) is 0.286. The van der Waals surface area contributed by atoms with E-state index in [1.165, 1.54) is 34.9 Å². The Morgan fingerprint density at radius 2 is 2.26 bits per heavy atom. The molecule has 13 nitrogen and oxygen atoms in total. The van der Waals surface area contributed by atoms with E-state index in [0.717, 1.165) is 16.4 Å². The predicted octanol–water partition coefficient (Wildman–Crippen LogP) is -0.319. The summed E-state index contributed by atoms with van der Waals surface area (Å²) in [6.07, 6.45) is 0. The van der Waals surface area contributed by atoms with Gasteiger partial charge in [0.05, 0.1) is 0 Å². The first-order chi connectivity index (χ1) is 14.9. The maximum Gasteiger partial charge on any atom is 0.352 e. The Hall–Kier alpha value is -2.76. The quantitative estimate of drug-likeness (QED) is 0.127. The molecular weight excluding hydrogens is 488 g/mol. The average molecular weight is 501 g/mol. The zero-order valence-corrected chi connectivity index (χ0v) is 18.4. The van der Waals surface area contributed by atoms with Gasteiger partial charge in [0, 0.05) is 23.0 Å². The van der Waals surface area contributed by atoms with Crippen LogP contribution in [-0.4, -0.2) is 81.2 Å². The molecule has 2 aromatic heterocycles. The Labute approximate surface area is 190 Å². The molecule has 0 saturated carbocycles. The van der Waals surface area contributed by atoms with Gasteiger partial charge >= 0.3 is 5.97 Å². The summed E-state index contributed by atoms with van der Waals surface area (Å²) in [5.74, 6) is -2.16. The Kier molecular flexibility index (Phi) is 6.08. The first kappa shape index (κ1) is 21.5. The third kappa shape index (κ3) is 4.08. The number of fused-ring (bicyclic) bond motifs is 1. The number of rotatable bonds is 7. The Morgan fingerprint density at radius 3 is 2.87 bits per heavy atom. The van der Waals surface area contributed by atoms with Gasteiger partial charge in [-0.25, -0.2) is 4.79 Å². The number of oxime groups is 1. The summed E-state index contributed by atoms with van der Waals surface area (Å²) in [5, 5.41) is 31.3. The van der Waals surface area contributed by atoms with Crippen LogP contribution in [0.4, 0.5) is 5.13 Å². The molecule has 1 saturated heterocycles. The normalized spacial score (nSPS) is 21.0. The van der Waals surface area contributed by atoms with Crippen LogP contribution in [0.25, 0.3) is 0 Å². The lowest BCUT2D eigenvalue weighted by Gasteiger charge is -2.49. The van der Waals surface area contributed by atoms with E-state index in [0.29, 0.717) is 21.4 Å². The standard InChI is InChI=1S/C14H12N8O5S4/c15-13-18-8(21-31-13)5(20-27)9(23)17-6-10(24)22-7(12(25)26)4(1-28-11(6)22)2-29-14-19-16-3-30-14/h3,6,11,27H,1-2H2,(H,17,23)(H,25,26)(H2,15,18,21)/b20-5+/t6?,11-/m1/s1. The number of β-lactam (4-membered cyclic amide) rings is 1. The summed E-state index contributed by atoms with van der Waals surface area (Å²) < 4.78 is 4.49. The Bertz CT molecular complexity index is 1100. The van der Waals surface area contributed by atoms with Gasteiger partial charge < -0.3 is 21.4 Å². The molecule has 1 unspecified atom stereocenters. The van der Waals surface area contributed by atoms with Crippen LogP contribution < -0.4 is 11.1 Å². The molecule has 2 amide bonds. The molecule has 5 N–H and O–H groups in total. The van der Waals surface area contributed by atoms with Gasteiger partial charge in [-0.3, -0.25) is 14.5 Å². The highest BCUT2D eigenvalue weighted by molar-refractivity contribution is 8.01. The van der Waals surface area contributed by atoms with Gasteiger partial charge in [0.1, 0.15) is 22.6 Å². The number of thioether (sulfide) groups is 2. The monoisotopic (exact) mass is 500 g/mol. The molecule has 4 rings (SSSR count). The molecule has 2 atom stereocenters. The van der Waals surface area contributed by atoms with Gasteiger partial charge in [0.15, 0.2) is 9.47 Å². The van der Waals surface area contributed by atoms with E-state index in [1.807, 2.05) is 0 Å². The molecule has 162 valence electrons. The van der Waals surface area contributed by atoms with E-state index in [-0.39, 0.29) is 16.7 Å². The smallest absolute Gasteiger partial charge is 0.352 e. The number of carboxylic acid groups (broad SMARTS) is 1. The van der Waals surface area contributed by atoms with Crippen molar-refractivity contribution >= 4 is 75.0 Å². The Morgan fingerprint density at radius 1 is 1.45 bits per heavy atom. The lowest BCUT2D eigenvalue weighted by molar-refractivity contribution is -0.150. The number of nitrogens with one attached hydrogen (secondary N) is 1. The number of carbonyl (C=O) groups excluding carboxylic acids is 2. The number of anilines is 1. The van der Waals surface area contributed by atoms with Crippen molar-refractivity contribution in [2.75, 3.05) is 17.2 Å². The van der Waals surface area contributed by atoms with E-state index in [4.69, 9.17) is 10.9 Å². The molecular formula is C14H12N8O5S4. The molecule has 0 aliphatic carbocycles. The zero-order chi connectivity index (χ0) is 22.1. The second kappa shape index (κ2) is 8.77. The van der Waals surface area contributed by atoms with Crippen LogP contribution in [0.15, 0.2) is 26.3 Å². The van der Waals surface area contributed by atoms with E-state index >= 15 is 0 Å². The minimum absolute atomic E-state index is 0.0767. The Balaban J connectivity index is 1.48. The molecule has 2 aliphatic heterocycles. The number of amides is 2. The third-order valence-electron chi connectivity index (χ3n) is 4.21. The van der Waals surface area contributed by atoms with Crippen molar-refractivity contribution in [1.29, 1.82) is 0 Å². The maximum atomic E-state index is 12.7. The summed E-state index contributed by atoms with van der Waals surface area (Å²) in [7, 11) is 0. The van der Waals surface area contributed by atoms with Crippen molar-refractivity contribution in [1.82, 2.24) is 29.8 Å². The molecule has 1 fully saturated rings. The van der Waals surface area contributed by atoms with Crippen molar-refractivity contribution < 1.29 is 24.7 Å². The van der Waals surface area contributed by atoms with Crippen molar-refractivity contribution in [3.05, 3.63) is 22.6 Å². The van der Waals surface area contributed by atoms with E-state index in [2.05, 4.69) is 30.0 Å². The number of nitrogen functional groups attached to an aromatic ring is 1. The van der Waals surface area contributed by atoms with Gasteiger partial charge in [-0.15, -0.1) is 22.0 Å². The third-order valence-corrected chi connectivity index (χ3v) is 8.04. The van der Waals surface area contributed by atoms with Gasteiger partial charge in [-0.1, -0.05) is 28.3 Å². The zero-order valence-electron chi connectivity index (χ0n) is 15.2. The van der Waals surface area contributed by atoms with Gasteiger partial charge in [0.25, 0.3) is 11.8 Å². The van der Waals surface area contributed by atoms with Gasteiger partial charge in [0.2, 0.25) is 11.5 Å². The van der Waals surface area contributed by atoms with Crippen LogP contribution in [0.5, 0.6) is 0 Å². The minimum Gasteiger partial charge on any atom is -0.477 e. The van der Waals surface area contributed by atoms with Crippen LogP contribution in [0.2, 0.25) is 0 Å². The number of carboxylic acids is 1. The van der Waals surface area contributed by atoms with E-state index in [1.54, 1.807) is 5.51 Å². The SMILES string of the molecule is Nc1nc(/C(=N\O)C(=O)NC2C(=O)N3C(C(=O)O)=C(CSc4nncs4)CS[C@H]23)ns1. The van der Waals surface area contributed by atoms with Crippen molar-refractivity contribution in [3.8, 4) is 0 Å². The van der Waals surface area contributed by atoms with E-state index in [9.17, 15) is 19.5 Å². The molecule has 0 bridgehead atoms.